The summed E-state index contributed by atoms with van der Waals surface area (Å²) in [5.41, 5.74) is 1.18. The van der Waals surface area contributed by atoms with Gasteiger partial charge in [-0.25, -0.2) is 4.79 Å². The standard InChI is InChI=1S/C17H14O6/c1-21-15-7-10(2-4-13(15)18)6-12(17(19)20)11-3-5-14-16(8-11)23-9-22-14/h2-8,18H,9H2,1H3,(H,19,20). The van der Waals surface area contributed by atoms with Gasteiger partial charge in [0.25, 0.3) is 0 Å². The molecule has 0 spiro atoms. The van der Waals surface area contributed by atoms with E-state index in [0.717, 1.165) is 0 Å². The van der Waals surface area contributed by atoms with Gasteiger partial charge in [0.05, 0.1) is 12.7 Å². The summed E-state index contributed by atoms with van der Waals surface area (Å²) in [6.07, 6.45) is 1.50. The molecule has 0 amide bonds. The summed E-state index contributed by atoms with van der Waals surface area (Å²) >= 11 is 0. The van der Waals surface area contributed by atoms with Crippen molar-refractivity contribution in [3.63, 3.8) is 0 Å². The molecule has 1 aliphatic rings. The van der Waals surface area contributed by atoms with Gasteiger partial charge in [0, 0.05) is 0 Å². The Morgan fingerprint density at radius 2 is 1.96 bits per heavy atom. The van der Waals surface area contributed by atoms with E-state index < -0.39 is 5.97 Å². The Morgan fingerprint density at radius 1 is 1.17 bits per heavy atom. The molecule has 2 aromatic rings. The smallest absolute Gasteiger partial charge is 0.336 e. The summed E-state index contributed by atoms with van der Waals surface area (Å²) in [5.74, 6) is 0.289. The normalized spacial score (nSPS) is 13.0. The van der Waals surface area contributed by atoms with Gasteiger partial charge < -0.3 is 24.4 Å². The van der Waals surface area contributed by atoms with Crippen LogP contribution in [-0.2, 0) is 4.79 Å². The average molecular weight is 314 g/mol. The van der Waals surface area contributed by atoms with Crippen molar-refractivity contribution in [1.29, 1.82) is 0 Å². The van der Waals surface area contributed by atoms with Crippen LogP contribution in [0.5, 0.6) is 23.0 Å². The van der Waals surface area contributed by atoms with Crippen molar-refractivity contribution < 1.29 is 29.2 Å². The quantitative estimate of drug-likeness (QED) is 0.667. The van der Waals surface area contributed by atoms with E-state index in [9.17, 15) is 15.0 Å². The fourth-order valence-electron chi connectivity index (χ4n) is 2.28. The number of carboxylic acid groups (broad SMARTS) is 1. The lowest BCUT2D eigenvalue weighted by atomic mass is 10.0. The Kier molecular flexibility index (Phi) is 3.80. The molecule has 0 atom stereocenters. The third kappa shape index (κ3) is 2.91. The van der Waals surface area contributed by atoms with Crippen LogP contribution in [0.15, 0.2) is 36.4 Å². The summed E-state index contributed by atoms with van der Waals surface area (Å²) in [4.78, 5) is 11.6. The molecule has 0 bridgehead atoms. The van der Waals surface area contributed by atoms with Crippen LogP contribution in [0.4, 0.5) is 0 Å². The highest BCUT2D eigenvalue weighted by molar-refractivity contribution is 6.20. The number of aliphatic carboxylic acids is 1. The van der Waals surface area contributed by atoms with E-state index >= 15 is 0 Å². The SMILES string of the molecule is COc1cc(C=C(C(=O)O)c2ccc3c(c2)OCO3)ccc1O. The monoisotopic (exact) mass is 314 g/mol. The predicted molar refractivity (Wildman–Crippen MR) is 82.7 cm³/mol. The lowest BCUT2D eigenvalue weighted by Gasteiger charge is -2.07. The summed E-state index contributed by atoms with van der Waals surface area (Å²) in [6, 6.07) is 9.57. The minimum absolute atomic E-state index is 0.00963. The van der Waals surface area contributed by atoms with Crippen molar-refractivity contribution in [2.45, 2.75) is 0 Å². The molecule has 2 N–H and O–H groups in total. The van der Waals surface area contributed by atoms with Crippen LogP contribution < -0.4 is 14.2 Å². The van der Waals surface area contributed by atoms with E-state index in [-0.39, 0.29) is 23.9 Å². The van der Waals surface area contributed by atoms with Gasteiger partial charge in [0.1, 0.15) is 0 Å². The molecule has 0 saturated heterocycles. The van der Waals surface area contributed by atoms with E-state index in [2.05, 4.69) is 0 Å². The highest BCUT2D eigenvalue weighted by atomic mass is 16.7. The molecular formula is C17H14O6. The topological polar surface area (TPSA) is 85.2 Å². The molecule has 0 unspecified atom stereocenters. The molecule has 0 saturated carbocycles. The maximum Gasteiger partial charge on any atom is 0.336 e. The largest absolute Gasteiger partial charge is 0.504 e. The fraction of sp³-hybridized carbons (Fsp3) is 0.118. The highest BCUT2D eigenvalue weighted by Crippen LogP contribution is 2.35. The van der Waals surface area contributed by atoms with Gasteiger partial charge in [0.15, 0.2) is 23.0 Å². The number of rotatable bonds is 4. The number of hydrogen-bond acceptors (Lipinski definition) is 5. The zero-order valence-electron chi connectivity index (χ0n) is 12.3. The molecule has 0 fully saturated rings. The van der Waals surface area contributed by atoms with Crippen LogP contribution in [0.2, 0.25) is 0 Å². The molecule has 0 aliphatic carbocycles. The van der Waals surface area contributed by atoms with Crippen molar-refractivity contribution in [3.8, 4) is 23.0 Å². The third-order valence-electron chi connectivity index (χ3n) is 3.43. The first kappa shape index (κ1) is 14.8. The Balaban J connectivity index is 2.03. The number of carboxylic acids is 1. The molecule has 23 heavy (non-hydrogen) atoms. The van der Waals surface area contributed by atoms with Crippen LogP contribution in [0.3, 0.4) is 0 Å². The lowest BCUT2D eigenvalue weighted by molar-refractivity contribution is -0.130. The number of fused-ring (bicyclic) bond motifs is 1. The molecule has 3 rings (SSSR count). The van der Waals surface area contributed by atoms with Gasteiger partial charge in [-0.15, -0.1) is 0 Å². The Bertz CT molecular complexity index is 794. The minimum Gasteiger partial charge on any atom is -0.504 e. The molecule has 6 heteroatoms. The fourth-order valence-corrected chi connectivity index (χ4v) is 2.28. The van der Waals surface area contributed by atoms with E-state index in [1.165, 1.54) is 19.3 Å². The lowest BCUT2D eigenvalue weighted by Crippen LogP contribution is -2.00. The average Bonchev–Trinajstić information content (AvgIpc) is 3.01. The van der Waals surface area contributed by atoms with Crippen molar-refractivity contribution >= 4 is 17.6 Å². The summed E-state index contributed by atoms with van der Waals surface area (Å²) in [7, 11) is 1.43. The number of benzene rings is 2. The van der Waals surface area contributed by atoms with Gasteiger partial charge in [-0.1, -0.05) is 12.1 Å². The first-order valence-electron chi connectivity index (χ1n) is 6.80. The van der Waals surface area contributed by atoms with Crippen molar-refractivity contribution in [1.82, 2.24) is 0 Å². The van der Waals surface area contributed by atoms with Crippen molar-refractivity contribution in [2.24, 2.45) is 0 Å². The first-order valence-corrected chi connectivity index (χ1v) is 6.80. The third-order valence-corrected chi connectivity index (χ3v) is 3.43. The number of carbonyl (C=O) groups is 1. The Morgan fingerprint density at radius 3 is 2.70 bits per heavy atom. The van der Waals surface area contributed by atoms with Crippen LogP contribution in [0, 0.1) is 0 Å². The second kappa shape index (κ2) is 5.92. The van der Waals surface area contributed by atoms with Crippen molar-refractivity contribution in [3.05, 3.63) is 47.5 Å². The Labute approximate surface area is 132 Å². The van der Waals surface area contributed by atoms with Gasteiger partial charge in [-0.3, -0.25) is 0 Å². The molecule has 118 valence electrons. The maximum atomic E-state index is 11.6. The van der Waals surface area contributed by atoms with Crippen molar-refractivity contribution in [2.75, 3.05) is 13.9 Å². The van der Waals surface area contributed by atoms with Gasteiger partial charge in [-0.2, -0.15) is 0 Å². The van der Waals surface area contributed by atoms with Gasteiger partial charge >= 0.3 is 5.97 Å². The van der Waals surface area contributed by atoms with E-state index in [0.29, 0.717) is 22.6 Å². The number of phenols is 1. The van der Waals surface area contributed by atoms with Gasteiger partial charge in [0.2, 0.25) is 6.79 Å². The molecular weight excluding hydrogens is 300 g/mol. The second-order valence-corrected chi connectivity index (χ2v) is 4.86. The number of aromatic hydroxyl groups is 1. The predicted octanol–water partition coefficient (Wildman–Crippen LogP) is 2.75. The number of hydrogen-bond donors (Lipinski definition) is 2. The van der Waals surface area contributed by atoms with Crippen LogP contribution in [0.1, 0.15) is 11.1 Å². The molecule has 0 aromatic heterocycles. The van der Waals surface area contributed by atoms with Gasteiger partial charge in [-0.05, 0) is 41.5 Å². The second-order valence-electron chi connectivity index (χ2n) is 4.86. The highest BCUT2D eigenvalue weighted by Gasteiger charge is 2.18. The minimum atomic E-state index is -1.07. The number of methoxy groups -OCH3 is 1. The van der Waals surface area contributed by atoms with E-state index in [1.54, 1.807) is 30.3 Å². The van der Waals surface area contributed by atoms with Crippen LogP contribution in [0.25, 0.3) is 11.6 Å². The van der Waals surface area contributed by atoms with E-state index in [4.69, 9.17) is 14.2 Å². The summed E-state index contributed by atoms with van der Waals surface area (Å²) in [5, 5.41) is 19.1. The molecule has 0 radical (unpaired) electrons. The molecule has 2 aromatic carbocycles. The van der Waals surface area contributed by atoms with Crippen LogP contribution in [-0.4, -0.2) is 30.1 Å². The molecule has 6 nitrogen and oxygen atoms in total. The number of ether oxygens (including phenoxy) is 3. The summed E-state index contributed by atoms with van der Waals surface area (Å²) in [6.45, 7) is 0.125. The zero-order chi connectivity index (χ0) is 16.4. The van der Waals surface area contributed by atoms with Crippen LogP contribution >= 0.6 is 0 Å². The zero-order valence-corrected chi connectivity index (χ0v) is 12.3. The maximum absolute atomic E-state index is 11.6. The van der Waals surface area contributed by atoms with E-state index in [1.807, 2.05) is 0 Å². The number of phenolic OH excluding ortho intramolecular Hbond substituents is 1. The molecule has 1 heterocycles. The summed E-state index contributed by atoms with van der Waals surface area (Å²) < 4.78 is 15.5. The molecule has 1 aliphatic heterocycles. The Hall–Kier alpha value is -3.15. The first-order chi connectivity index (χ1) is 11.1.